The Bertz CT molecular complexity index is 1210. The normalized spacial score (nSPS) is 16.8. The first-order chi connectivity index (χ1) is 17.1. The number of hydrogen-bond acceptors (Lipinski definition) is 3. The SMILES string of the molecule is CCC(c1nc(-c2ccccc2)[nH]c1C)N1CCN(C(c2ccccc2)c2ccc(Cl)cc2)CC1. The summed E-state index contributed by atoms with van der Waals surface area (Å²) in [6, 6.07) is 30.1. The number of aromatic amines is 1. The molecule has 4 aromatic rings. The Labute approximate surface area is 213 Å². The van der Waals surface area contributed by atoms with Gasteiger partial charge in [0.1, 0.15) is 5.82 Å². The summed E-state index contributed by atoms with van der Waals surface area (Å²) in [4.78, 5) is 13.8. The average Bonchev–Trinajstić information content (AvgIpc) is 3.29. The van der Waals surface area contributed by atoms with Crippen LogP contribution in [0.15, 0.2) is 84.9 Å². The van der Waals surface area contributed by atoms with E-state index in [1.54, 1.807) is 0 Å². The molecule has 0 saturated carbocycles. The van der Waals surface area contributed by atoms with Crippen LogP contribution in [0.25, 0.3) is 11.4 Å². The highest BCUT2D eigenvalue weighted by atomic mass is 35.5. The number of halogens is 1. The second-order valence-electron chi connectivity index (χ2n) is 9.32. The maximum Gasteiger partial charge on any atom is 0.137 e. The third-order valence-corrected chi connectivity index (χ3v) is 7.38. The lowest BCUT2D eigenvalue weighted by Gasteiger charge is -2.42. The van der Waals surface area contributed by atoms with Crippen molar-refractivity contribution in [1.29, 1.82) is 0 Å². The smallest absolute Gasteiger partial charge is 0.137 e. The van der Waals surface area contributed by atoms with Gasteiger partial charge in [-0.1, -0.05) is 91.3 Å². The average molecular weight is 485 g/mol. The Balaban J connectivity index is 1.35. The number of H-pyrrole nitrogens is 1. The van der Waals surface area contributed by atoms with Crippen molar-refractivity contribution in [3.05, 3.63) is 112 Å². The molecule has 0 spiro atoms. The highest BCUT2D eigenvalue weighted by Gasteiger charge is 2.31. The van der Waals surface area contributed by atoms with Crippen molar-refractivity contribution in [3.63, 3.8) is 0 Å². The Morgan fingerprint density at radius 2 is 1.37 bits per heavy atom. The largest absolute Gasteiger partial charge is 0.342 e. The third-order valence-electron chi connectivity index (χ3n) is 7.13. The summed E-state index contributed by atoms with van der Waals surface area (Å²) < 4.78 is 0. The molecule has 0 aliphatic carbocycles. The fraction of sp³-hybridized carbons (Fsp3) is 0.300. The Kier molecular flexibility index (Phi) is 7.33. The first-order valence-electron chi connectivity index (χ1n) is 12.5. The van der Waals surface area contributed by atoms with Crippen LogP contribution < -0.4 is 0 Å². The van der Waals surface area contributed by atoms with Crippen molar-refractivity contribution in [2.24, 2.45) is 0 Å². The van der Waals surface area contributed by atoms with Gasteiger partial charge in [0.2, 0.25) is 0 Å². The minimum Gasteiger partial charge on any atom is -0.342 e. The minimum absolute atomic E-state index is 0.229. The maximum atomic E-state index is 6.20. The molecule has 2 unspecified atom stereocenters. The van der Waals surface area contributed by atoms with Crippen LogP contribution in [-0.4, -0.2) is 45.9 Å². The molecule has 0 bridgehead atoms. The molecule has 4 nitrogen and oxygen atoms in total. The first-order valence-corrected chi connectivity index (χ1v) is 12.9. The topological polar surface area (TPSA) is 35.2 Å². The monoisotopic (exact) mass is 484 g/mol. The summed E-state index contributed by atoms with van der Waals surface area (Å²) in [6.07, 6.45) is 1.04. The second-order valence-corrected chi connectivity index (χ2v) is 9.76. The molecule has 2 heterocycles. The van der Waals surface area contributed by atoms with Gasteiger partial charge in [-0.2, -0.15) is 0 Å². The predicted molar refractivity (Wildman–Crippen MR) is 145 cm³/mol. The van der Waals surface area contributed by atoms with E-state index in [0.717, 1.165) is 49.0 Å². The van der Waals surface area contributed by atoms with E-state index in [1.807, 2.05) is 18.2 Å². The van der Waals surface area contributed by atoms with Gasteiger partial charge < -0.3 is 4.98 Å². The third kappa shape index (κ3) is 5.20. The van der Waals surface area contributed by atoms with Gasteiger partial charge in [0.25, 0.3) is 0 Å². The van der Waals surface area contributed by atoms with Gasteiger partial charge >= 0.3 is 0 Å². The van der Waals surface area contributed by atoms with E-state index in [1.165, 1.54) is 22.5 Å². The van der Waals surface area contributed by atoms with Gasteiger partial charge in [0.05, 0.1) is 17.8 Å². The number of rotatable bonds is 7. The summed E-state index contributed by atoms with van der Waals surface area (Å²) in [7, 11) is 0. The van der Waals surface area contributed by atoms with E-state index in [4.69, 9.17) is 16.6 Å². The van der Waals surface area contributed by atoms with E-state index < -0.39 is 0 Å². The van der Waals surface area contributed by atoms with Crippen LogP contribution in [-0.2, 0) is 0 Å². The maximum absolute atomic E-state index is 6.20. The number of hydrogen-bond donors (Lipinski definition) is 1. The van der Waals surface area contributed by atoms with Crippen LogP contribution in [0, 0.1) is 6.92 Å². The summed E-state index contributed by atoms with van der Waals surface area (Å²) in [5.41, 5.74) is 6.09. The first kappa shape index (κ1) is 23.8. The van der Waals surface area contributed by atoms with Crippen molar-refractivity contribution < 1.29 is 0 Å². The fourth-order valence-electron chi connectivity index (χ4n) is 5.36. The van der Waals surface area contributed by atoms with Gasteiger partial charge in [0, 0.05) is 42.5 Å². The zero-order valence-electron chi connectivity index (χ0n) is 20.5. The molecular formula is C30H33ClN4. The molecule has 1 aromatic heterocycles. The molecule has 3 aromatic carbocycles. The molecule has 180 valence electrons. The van der Waals surface area contributed by atoms with E-state index in [0.29, 0.717) is 6.04 Å². The molecule has 0 radical (unpaired) electrons. The van der Waals surface area contributed by atoms with Gasteiger partial charge in [-0.3, -0.25) is 9.80 Å². The molecule has 1 aliphatic rings. The summed E-state index contributed by atoms with van der Waals surface area (Å²) in [5, 5.41) is 0.778. The molecule has 1 aliphatic heterocycles. The molecule has 5 rings (SSSR count). The van der Waals surface area contributed by atoms with Gasteiger partial charge in [-0.25, -0.2) is 4.98 Å². The quantitative estimate of drug-likeness (QED) is 0.310. The number of aryl methyl sites for hydroxylation is 1. The molecule has 1 N–H and O–H groups in total. The van der Waals surface area contributed by atoms with E-state index in [9.17, 15) is 0 Å². The summed E-state index contributed by atoms with van der Waals surface area (Å²) in [5.74, 6) is 0.960. The molecule has 0 amide bonds. The number of nitrogens with zero attached hydrogens (tertiary/aromatic N) is 3. The number of benzene rings is 3. The lowest BCUT2D eigenvalue weighted by atomic mass is 9.96. The molecule has 1 fully saturated rings. The summed E-state index contributed by atoms with van der Waals surface area (Å²) in [6.45, 7) is 8.47. The molecule has 2 atom stereocenters. The number of nitrogens with one attached hydrogen (secondary N) is 1. The Morgan fingerprint density at radius 3 is 2.00 bits per heavy atom. The van der Waals surface area contributed by atoms with E-state index >= 15 is 0 Å². The molecule has 1 saturated heterocycles. The predicted octanol–water partition coefficient (Wildman–Crippen LogP) is 6.90. The van der Waals surface area contributed by atoms with Crippen LogP contribution in [0.5, 0.6) is 0 Å². The Hall–Kier alpha value is -2.92. The van der Waals surface area contributed by atoms with Crippen molar-refractivity contribution in [2.45, 2.75) is 32.4 Å². The van der Waals surface area contributed by atoms with Crippen molar-refractivity contribution >= 4 is 11.6 Å². The lowest BCUT2D eigenvalue weighted by molar-refractivity contribution is 0.0753. The molecule has 35 heavy (non-hydrogen) atoms. The minimum atomic E-state index is 0.229. The van der Waals surface area contributed by atoms with E-state index in [-0.39, 0.29) is 6.04 Å². The zero-order chi connectivity index (χ0) is 24.2. The van der Waals surface area contributed by atoms with Crippen molar-refractivity contribution in [3.8, 4) is 11.4 Å². The fourth-order valence-corrected chi connectivity index (χ4v) is 5.48. The van der Waals surface area contributed by atoms with Crippen LogP contribution in [0.2, 0.25) is 5.02 Å². The van der Waals surface area contributed by atoms with Crippen LogP contribution in [0.4, 0.5) is 0 Å². The summed E-state index contributed by atoms with van der Waals surface area (Å²) >= 11 is 6.20. The van der Waals surface area contributed by atoms with Gasteiger partial charge in [-0.05, 0) is 36.6 Å². The number of piperazine rings is 1. The van der Waals surface area contributed by atoms with Crippen molar-refractivity contribution in [1.82, 2.24) is 19.8 Å². The number of aromatic nitrogens is 2. The lowest BCUT2D eigenvalue weighted by Crippen LogP contribution is -2.49. The molecule has 5 heteroatoms. The van der Waals surface area contributed by atoms with Crippen LogP contribution in [0.1, 0.15) is 47.9 Å². The van der Waals surface area contributed by atoms with Gasteiger partial charge in [-0.15, -0.1) is 0 Å². The zero-order valence-corrected chi connectivity index (χ0v) is 21.2. The molecular weight excluding hydrogens is 452 g/mol. The van der Waals surface area contributed by atoms with Crippen molar-refractivity contribution in [2.75, 3.05) is 26.2 Å². The van der Waals surface area contributed by atoms with E-state index in [2.05, 4.69) is 95.4 Å². The Morgan fingerprint density at radius 1 is 0.800 bits per heavy atom. The van der Waals surface area contributed by atoms with Crippen LogP contribution >= 0.6 is 11.6 Å². The highest BCUT2D eigenvalue weighted by molar-refractivity contribution is 6.30. The van der Waals surface area contributed by atoms with Crippen LogP contribution in [0.3, 0.4) is 0 Å². The number of imidazole rings is 1. The standard InChI is InChI=1S/C30H33ClN4/c1-3-27(28-22(2)32-30(33-28)25-12-8-5-9-13-25)34-18-20-35(21-19-34)29(23-10-6-4-7-11-23)24-14-16-26(31)17-15-24/h4-17,27,29H,3,18-21H2,1-2H3,(H,32,33). The second kappa shape index (κ2) is 10.8. The van der Waals surface area contributed by atoms with Gasteiger partial charge in [0.15, 0.2) is 0 Å². The highest BCUT2D eigenvalue weighted by Crippen LogP contribution is 2.33.